The van der Waals surface area contributed by atoms with Crippen LogP contribution in [0.4, 0.5) is 15.8 Å². The Morgan fingerprint density at radius 2 is 1.67 bits per heavy atom. The van der Waals surface area contributed by atoms with Crippen molar-refractivity contribution in [1.82, 2.24) is 4.57 Å². The number of nitrogens with one attached hydrogen (secondary N) is 2. The standard InChI is InChI=1S/C23H17ClFN3O4S/c1-28-20-8-4-2-6-15(20)16(13-22(28)29)23(30)26-19-12-14(24)10-11-18(19)27-33(31,32)21-9-5-3-7-17(21)25/h2-13,27H,1H3,(H,26,30). The summed E-state index contributed by atoms with van der Waals surface area (Å²) in [6.45, 7) is 0. The lowest BCUT2D eigenvalue weighted by Crippen LogP contribution is -2.22. The molecule has 0 fully saturated rings. The summed E-state index contributed by atoms with van der Waals surface area (Å²) in [6.07, 6.45) is 0. The van der Waals surface area contributed by atoms with Crippen LogP contribution in [0.5, 0.6) is 0 Å². The number of pyridine rings is 1. The van der Waals surface area contributed by atoms with Crippen LogP contribution >= 0.6 is 11.6 Å². The van der Waals surface area contributed by atoms with Crippen LogP contribution in [0.2, 0.25) is 5.02 Å². The summed E-state index contributed by atoms with van der Waals surface area (Å²) in [6, 6.07) is 17.1. The molecule has 0 atom stereocenters. The van der Waals surface area contributed by atoms with E-state index in [0.29, 0.717) is 10.9 Å². The Balaban J connectivity index is 1.74. The fourth-order valence-corrected chi connectivity index (χ4v) is 4.69. The maximum atomic E-state index is 14.1. The van der Waals surface area contributed by atoms with Crippen molar-refractivity contribution in [3.8, 4) is 0 Å². The molecule has 0 spiro atoms. The normalized spacial score (nSPS) is 11.4. The summed E-state index contributed by atoms with van der Waals surface area (Å²) in [5.74, 6) is -1.56. The lowest BCUT2D eigenvalue weighted by Gasteiger charge is -2.15. The molecule has 0 aliphatic carbocycles. The molecule has 3 aromatic carbocycles. The number of carbonyl (C=O) groups is 1. The number of sulfonamides is 1. The summed E-state index contributed by atoms with van der Waals surface area (Å²) >= 11 is 6.06. The van der Waals surface area contributed by atoms with Crippen LogP contribution in [0.3, 0.4) is 0 Å². The maximum absolute atomic E-state index is 14.1. The van der Waals surface area contributed by atoms with E-state index >= 15 is 0 Å². The fraction of sp³-hybridized carbons (Fsp3) is 0.0435. The van der Waals surface area contributed by atoms with Crippen molar-refractivity contribution >= 4 is 49.8 Å². The predicted molar refractivity (Wildman–Crippen MR) is 126 cm³/mol. The molecule has 10 heteroatoms. The first-order valence-corrected chi connectivity index (χ1v) is 11.5. The number of nitrogens with zero attached hydrogens (tertiary/aromatic N) is 1. The van der Waals surface area contributed by atoms with Crippen LogP contribution in [0.25, 0.3) is 10.9 Å². The SMILES string of the molecule is Cn1c(=O)cc(C(=O)Nc2cc(Cl)ccc2NS(=O)(=O)c2ccccc2F)c2ccccc21. The molecule has 2 N–H and O–H groups in total. The van der Waals surface area contributed by atoms with Crippen molar-refractivity contribution in [2.45, 2.75) is 4.90 Å². The van der Waals surface area contributed by atoms with Crippen LogP contribution in [0, 0.1) is 5.82 Å². The van der Waals surface area contributed by atoms with Crippen LogP contribution in [0.1, 0.15) is 10.4 Å². The number of aromatic nitrogens is 1. The molecule has 0 bridgehead atoms. The van der Waals surface area contributed by atoms with E-state index in [2.05, 4.69) is 10.0 Å². The van der Waals surface area contributed by atoms with E-state index in [-0.39, 0.29) is 27.5 Å². The van der Waals surface area contributed by atoms with Gasteiger partial charge in [-0.05, 0) is 36.4 Å². The van der Waals surface area contributed by atoms with E-state index in [4.69, 9.17) is 11.6 Å². The third-order valence-electron chi connectivity index (χ3n) is 5.00. The molecule has 7 nitrogen and oxygen atoms in total. The van der Waals surface area contributed by atoms with Gasteiger partial charge in [0.2, 0.25) is 0 Å². The van der Waals surface area contributed by atoms with Gasteiger partial charge in [-0.15, -0.1) is 0 Å². The quantitative estimate of drug-likeness (QED) is 0.438. The van der Waals surface area contributed by atoms with E-state index in [1.165, 1.54) is 41.0 Å². The summed E-state index contributed by atoms with van der Waals surface area (Å²) in [7, 11) is -2.70. The molecular formula is C23H17ClFN3O4S. The molecule has 1 aromatic heterocycles. The molecule has 4 aromatic rings. The summed E-state index contributed by atoms with van der Waals surface area (Å²) in [4.78, 5) is 24.9. The van der Waals surface area contributed by atoms with Gasteiger partial charge in [0.25, 0.3) is 21.5 Å². The van der Waals surface area contributed by atoms with Gasteiger partial charge in [-0.2, -0.15) is 0 Å². The zero-order chi connectivity index (χ0) is 23.8. The summed E-state index contributed by atoms with van der Waals surface area (Å²) in [5, 5.41) is 3.37. The number of amides is 1. The minimum atomic E-state index is -4.30. The zero-order valence-corrected chi connectivity index (χ0v) is 18.7. The number of aryl methyl sites for hydroxylation is 1. The summed E-state index contributed by atoms with van der Waals surface area (Å²) < 4.78 is 43.2. The average molecular weight is 486 g/mol. The van der Waals surface area contributed by atoms with E-state index < -0.39 is 26.6 Å². The second-order valence-corrected chi connectivity index (χ2v) is 9.24. The third kappa shape index (κ3) is 4.46. The Bertz CT molecular complexity index is 1570. The number of para-hydroxylation sites is 1. The molecule has 4 rings (SSSR count). The highest BCUT2D eigenvalue weighted by Crippen LogP contribution is 2.29. The molecule has 0 saturated carbocycles. The van der Waals surface area contributed by atoms with Crippen molar-refractivity contribution in [1.29, 1.82) is 0 Å². The van der Waals surface area contributed by atoms with Crippen LogP contribution in [0.15, 0.2) is 82.5 Å². The smallest absolute Gasteiger partial charge is 0.264 e. The largest absolute Gasteiger partial charge is 0.320 e. The number of rotatable bonds is 5. The van der Waals surface area contributed by atoms with E-state index in [9.17, 15) is 22.4 Å². The van der Waals surface area contributed by atoms with Gasteiger partial charge in [0, 0.05) is 23.5 Å². The van der Waals surface area contributed by atoms with Crippen LogP contribution in [-0.4, -0.2) is 18.9 Å². The number of benzene rings is 3. The monoisotopic (exact) mass is 485 g/mol. The van der Waals surface area contributed by atoms with E-state index in [1.54, 1.807) is 31.3 Å². The molecular weight excluding hydrogens is 469 g/mol. The van der Waals surface area contributed by atoms with Gasteiger partial charge < -0.3 is 9.88 Å². The molecule has 1 amide bonds. The fourth-order valence-electron chi connectivity index (χ4n) is 3.36. The van der Waals surface area contributed by atoms with Gasteiger partial charge in [-0.3, -0.25) is 14.3 Å². The van der Waals surface area contributed by atoms with E-state index in [1.807, 2.05) is 0 Å². The number of fused-ring (bicyclic) bond motifs is 1. The third-order valence-corrected chi connectivity index (χ3v) is 6.63. The lowest BCUT2D eigenvalue weighted by molar-refractivity contribution is 0.102. The Morgan fingerprint density at radius 1 is 0.970 bits per heavy atom. The molecule has 0 aliphatic heterocycles. The number of hydrogen-bond donors (Lipinski definition) is 2. The molecule has 33 heavy (non-hydrogen) atoms. The molecule has 1 heterocycles. The average Bonchev–Trinajstić information content (AvgIpc) is 2.78. The molecule has 0 radical (unpaired) electrons. The van der Waals surface area contributed by atoms with Gasteiger partial charge in [-0.25, -0.2) is 12.8 Å². The van der Waals surface area contributed by atoms with Crippen molar-refractivity contribution in [3.05, 3.63) is 99.6 Å². The molecule has 0 unspecified atom stereocenters. The van der Waals surface area contributed by atoms with Gasteiger partial charge >= 0.3 is 0 Å². The minimum absolute atomic E-state index is 0.0239. The van der Waals surface area contributed by atoms with Crippen LogP contribution < -0.4 is 15.6 Å². The highest BCUT2D eigenvalue weighted by molar-refractivity contribution is 7.92. The molecule has 168 valence electrons. The van der Waals surface area contributed by atoms with Gasteiger partial charge in [-0.1, -0.05) is 41.9 Å². The number of hydrogen-bond acceptors (Lipinski definition) is 4. The Morgan fingerprint density at radius 3 is 2.42 bits per heavy atom. The Kier molecular flexibility index (Phi) is 5.92. The second kappa shape index (κ2) is 8.68. The highest BCUT2D eigenvalue weighted by Gasteiger charge is 2.21. The van der Waals surface area contributed by atoms with Crippen molar-refractivity contribution in [3.63, 3.8) is 0 Å². The van der Waals surface area contributed by atoms with Gasteiger partial charge in [0.05, 0.1) is 22.5 Å². The first-order chi connectivity index (χ1) is 15.7. The van der Waals surface area contributed by atoms with Crippen LogP contribution in [-0.2, 0) is 17.1 Å². The van der Waals surface area contributed by atoms with Crippen molar-refractivity contribution in [2.24, 2.45) is 7.05 Å². The maximum Gasteiger partial charge on any atom is 0.264 e. The summed E-state index contributed by atoms with van der Waals surface area (Å²) in [5.41, 5.74) is 0.296. The topological polar surface area (TPSA) is 97.3 Å². The number of anilines is 2. The first kappa shape index (κ1) is 22.5. The molecule has 0 aliphatic rings. The van der Waals surface area contributed by atoms with Gasteiger partial charge in [0.1, 0.15) is 10.7 Å². The first-order valence-electron chi connectivity index (χ1n) is 9.64. The van der Waals surface area contributed by atoms with Crippen molar-refractivity contribution < 1.29 is 17.6 Å². The van der Waals surface area contributed by atoms with Gasteiger partial charge in [0.15, 0.2) is 0 Å². The van der Waals surface area contributed by atoms with Crippen molar-refractivity contribution in [2.75, 3.05) is 10.0 Å². The molecule has 0 saturated heterocycles. The number of halogens is 2. The van der Waals surface area contributed by atoms with E-state index in [0.717, 1.165) is 12.1 Å². The zero-order valence-electron chi connectivity index (χ0n) is 17.2. The minimum Gasteiger partial charge on any atom is -0.320 e. The predicted octanol–water partition coefficient (Wildman–Crippen LogP) is 4.38. The highest BCUT2D eigenvalue weighted by atomic mass is 35.5. The second-order valence-electron chi connectivity index (χ2n) is 7.15. The lowest BCUT2D eigenvalue weighted by atomic mass is 10.1. The Labute approximate surface area is 193 Å². The number of carbonyl (C=O) groups excluding carboxylic acids is 1. The Hall–Kier alpha value is -3.69.